The van der Waals surface area contributed by atoms with E-state index in [4.69, 9.17) is 0 Å². The number of hydrogen-bond acceptors (Lipinski definition) is 2. The van der Waals surface area contributed by atoms with Crippen LogP contribution in [0, 0.1) is 36.5 Å². The van der Waals surface area contributed by atoms with Gasteiger partial charge in [-0.3, -0.25) is 0 Å². The lowest BCUT2D eigenvalue weighted by atomic mass is 9.77. The minimum atomic E-state index is -0.661. The zero-order chi connectivity index (χ0) is 13.3. The average Bonchev–Trinajstić information content (AvgIpc) is 2.70. The molecule has 2 heteroatoms. The first-order valence-electron chi connectivity index (χ1n) is 6.64. The molecule has 1 N–H and O–H groups in total. The Morgan fingerprint density at radius 1 is 1.33 bits per heavy atom. The van der Waals surface area contributed by atoms with E-state index >= 15 is 0 Å². The van der Waals surface area contributed by atoms with E-state index in [9.17, 15) is 10.4 Å². The van der Waals surface area contributed by atoms with Crippen molar-refractivity contribution in [3.05, 3.63) is 34.9 Å². The maximum Gasteiger partial charge on any atom is 0.0976 e. The Hall–Kier alpha value is -1.33. The summed E-state index contributed by atoms with van der Waals surface area (Å²) >= 11 is 0. The molecule has 1 fully saturated rings. The topological polar surface area (TPSA) is 44.0 Å². The normalized spacial score (nSPS) is 28.9. The number of nitriles is 1. The third-order valence-corrected chi connectivity index (χ3v) is 4.10. The van der Waals surface area contributed by atoms with Gasteiger partial charge in [0.15, 0.2) is 0 Å². The van der Waals surface area contributed by atoms with E-state index in [1.807, 2.05) is 26.0 Å². The van der Waals surface area contributed by atoms with Gasteiger partial charge in [0.1, 0.15) is 0 Å². The fourth-order valence-electron chi connectivity index (χ4n) is 3.23. The molecule has 1 aliphatic carbocycles. The highest BCUT2D eigenvalue weighted by atomic mass is 16.3. The Kier molecular flexibility index (Phi) is 3.45. The minimum absolute atomic E-state index is 0.533. The van der Waals surface area contributed by atoms with Crippen molar-refractivity contribution in [2.45, 2.75) is 46.1 Å². The predicted molar refractivity (Wildman–Crippen MR) is 71.9 cm³/mol. The lowest BCUT2D eigenvalue weighted by Gasteiger charge is -2.28. The monoisotopic (exact) mass is 243 g/mol. The molecular weight excluding hydrogens is 222 g/mol. The maximum absolute atomic E-state index is 10.6. The number of rotatable bonds is 2. The summed E-state index contributed by atoms with van der Waals surface area (Å²) in [5.74, 6) is 0.533. The van der Waals surface area contributed by atoms with Gasteiger partial charge in [0, 0.05) is 0 Å². The molecule has 0 saturated heterocycles. The highest BCUT2D eigenvalue weighted by Gasteiger charge is 2.44. The third kappa shape index (κ3) is 2.28. The van der Waals surface area contributed by atoms with Gasteiger partial charge in [-0.2, -0.15) is 5.26 Å². The molecule has 96 valence electrons. The van der Waals surface area contributed by atoms with Crippen LogP contribution in [0.2, 0.25) is 0 Å². The summed E-state index contributed by atoms with van der Waals surface area (Å²) in [5, 5.41) is 20.1. The van der Waals surface area contributed by atoms with Gasteiger partial charge in [0.2, 0.25) is 0 Å². The quantitative estimate of drug-likeness (QED) is 0.861. The predicted octanol–water partition coefficient (Wildman–Crippen LogP) is 3.67. The molecule has 0 aromatic heterocycles. The molecular formula is C16H21NO. The molecule has 0 bridgehead atoms. The Labute approximate surface area is 109 Å². The minimum Gasteiger partial charge on any atom is -0.387 e. The van der Waals surface area contributed by atoms with E-state index in [1.54, 1.807) is 0 Å². The van der Waals surface area contributed by atoms with Gasteiger partial charge in [-0.25, -0.2) is 0 Å². The molecule has 0 amide bonds. The van der Waals surface area contributed by atoms with Crippen molar-refractivity contribution in [3.8, 4) is 6.07 Å². The first-order chi connectivity index (χ1) is 8.47. The van der Waals surface area contributed by atoms with Crippen LogP contribution in [0.1, 0.15) is 49.0 Å². The molecule has 2 nitrogen and oxygen atoms in total. The average molecular weight is 243 g/mol. The Balaban J connectivity index is 2.35. The van der Waals surface area contributed by atoms with Crippen molar-refractivity contribution >= 4 is 0 Å². The second-order valence-corrected chi connectivity index (χ2v) is 5.94. The van der Waals surface area contributed by atoms with Gasteiger partial charge in [-0.1, -0.05) is 36.2 Å². The molecule has 1 aliphatic rings. The number of nitrogens with zero attached hydrogens (tertiary/aromatic N) is 1. The summed E-state index contributed by atoms with van der Waals surface area (Å²) in [6, 6.07) is 8.48. The Bertz CT molecular complexity index is 468. The first kappa shape index (κ1) is 13.1. The van der Waals surface area contributed by atoms with Gasteiger partial charge >= 0.3 is 0 Å². The highest BCUT2D eigenvalue weighted by Crippen LogP contribution is 2.49. The second-order valence-electron chi connectivity index (χ2n) is 5.94. The smallest absolute Gasteiger partial charge is 0.0976 e. The first-order valence-corrected chi connectivity index (χ1v) is 6.64. The van der Waals surface area contributed by atoms with Crippen molar-refractivity contribution in [2.24, 2.45) is 11.3 Å². The van der Waals surface area contributed by atoms with E-state index in [1.165, 1.54) is 0 Å². The van der Waals surface area contributed by atoms with E-state index in [0.717, 1.165) is 36.0 Å². The number of benzene rings is 1. The number of aliphatic hydroxyl groups excluding tert-OH is 1. The Morgan fingerprint density at radius 3 is 2.39 bits per heavy atom. The van der Waals surface area contributed by atoms with Gasteiger partial charge in [0.05, 0.1) is 17.6 Å². The van der Waals surface area contributed by atoms with E-state index < -0.39 is 11.5 Å². The molecule has 3 unspecified atom stereocenters. The van der Waals surface area contributed by atoms with Crippen molar-refractivity contribution in [1.29, 1.82) is 5.26 Å². The van der Waals surface area contributed by atoms with Crippen LogP contribution in [-0.4, -0.2) is 5.11 Å². The zero-order valence-corrected chi connectivity index (χ0v) is 11.4. The van der Waals surface area contributed by atoms with Crippen molar-refractivity contribution in [3.63, 3.8) is 0 Å². The van der Waals surface area contributed by atoms with Crippen molar-refractivity contribution in [1.82, 2.24) is 0 Å². The summed E-state index contributed by atoms with van der Waals surface area (Å²) in [5.41, 5.74) is 2.59. The number of hydrogen-bond donors (Lipinski definition) is 1. The van der Waals surface area contributed by atoms with Crippen LogP contribution in [0.3, 0.4) is 0 Å². The summed E-state index contributed by atoms with van der Waals surface area (Å²) in [6.45, 7) is 6.21. The lowest BCUT2D eigenvalue weighted by Crippen LogP contribution is -2.24. The molecule has 18 heavy (non-hydrogen) atoms. The fraction of sp³-hybridized carbons (Fsp3) is 0.562. The molecule has 2 rings (SSSR count). The second kappa shape index (κ2) is 4.74. The molecule has 0 heterocycles. The molecule has 1 aromatic carbocycles. The SMILES string of the molecule is Cc1cc(C)cc(C(O)C2(C#N)CCC(C)C2)c1. The zero-order valence-electron chi connectivity index (χ0n) is 11.4. The van der Waals surface area contributed by atoms with Crippen LogP contribution in [-0.2, 0) is 0 Å². The molecule has 3 atom stereocenters. The van der Waals surface area contributed by atoms with Gasteiger partial charge in [-0.15, -0.1) is 0 Å². The summed E-state index contributed by atoms with van der Waals surface area (Å²) < 4.78 is 0. The molecule has 0 radical (unpaired) electrons. The maximum atomic E-state index is 10.6. The van der Waals surface area contributed by atoms with Gasteiger partial charge < -0.3 is 5.11 Å². The van der Waals surface area contributed by atoms with Crippen LogP contribution in [0.15, 0.2) is 18.2 Å². The molecule has 1 saturated carbocycles. The van der Waals surface area contributed by atoms with E-state index in [2.05, 4.69) is 19.1 Å². The van der Waals surface area contributed by atoms with E-state index in [0.29, 0.717) is 5.92 Å². The van der Waals surface area contributed by atoms with Crippen LogP contribution in [0.4, 0.5) is 0 Å². The largest absolute Gasteiger partial charge is 0.387 e. The lowest BCUT2D eigenvalue weighted by molar-refractivity contribution is 0.0646. The summed E-state index contributed by atoms with van der Waals surface area (Å²) in [6.07, 6.45) is 1.98. The summed E-state index contributed by atoms with van der Waals surface area (Å²) in [7, 11) is 0. The highest BCUT2D eigenvalue weighted by molar-refractivity contribution is 5.32. The van der Waals surface area contributed by atoms with Crippen LogP contribution in [0.5, 0.6) is 0 Å². The van der Waals surface area contributed by atoms with Crippen LogP contribution in [0.25, 0.3) is 0 Å². The summed E-state index contributed by atoms with van der Waals surface area (Å²) in [4.78, 5) is 0. The van der Waals surface area contributed by atoms with Crippen molar-refractivity contribution < 1.29 is 5.11 Å². The van der Waals surface area contributed by atoms with Gasteiger partial charge in [0.25, 0.3) is 0 Å². The standard InChI is InChI=1S/C16H21NO/c1-11-4-5-16(9-11,10-17)15(18)14-7-12(2)6-13(3)8-14/h6-8,11,15,18H,4-5,9H2,1-3H3. The van der Waals surface area contributed by atoms with Crippen LogP contribution < -0.4 is 0 Å². The number of aryl methyl sites for hydroxylation is 2. The van der Waals surface area contributed by atoms with Crippen molar-refractivity contribution in [2.75, 3.05) is 0 Å². The molecule has 0 spiro atoms. The Morgan fingerprint density at radius 2 is 1.94 bits per heavy atom. The molecule has 0 aliphatic heterocycles. The number of aliphatic hydroxyl groups is 1. The molecule has 1 aromatic rings. The third-order valence-electron chi connectivity index (χ3n) is 4.10. The van der Waals surface area contributed by atoms with E-state index in [-0.39, 0.29) is 0 Å². The fourth-order valence-corrected chi connectivity index (χ4v) is 3.23. The van der Waals surface area contributed by atoms with Gasteiger partial charge in [-0.05, 0) is 44.6 Å². The van der Waals surface area contributed by atoms with Crippen LogP contribution >= 0.6 is 0 Å².